The van der Waals surface area contributed by atoms with Crippen molar-refractivity contribution in [2.75, 3.05) is 50.4 Å². The normalized spacial score (nSPS) is 10.5. The van der Waals surface area contributed by atoms with Gasteiger partial charge in [-0.2, -0.15) is 4.98 Å². The number of amides is 2. The predicted octanol–water partition coefficient (Wildman–Crippen LogP) is 1.65. The van der Waals surface area contributed by atoms with Gasteiger partial charge in [-0.15, -0.1) is 0 Å². The molecule has 0 radical (unpaired) electrons. The van der Waals surface area contributed by atoms with Crippen LogP contribution in [0.5, 0.6) is 0 Å². The second-order valence-corrected chi connectivity index (χ2v) is 5.19. The Balaban J connectivity index is 2.70. The number of anilines is 3. The summed E-state index contributed by atoms with van der Waals surface area (Å²) in [5, 5.41) is 5.48. The van der Waals surface area contributed by atoms with Crippen molar-refractivity contribution in [2.24, 2.45) is 0 Å². The van der Waals surface area contributed by atoms with Gasteiger partial charge in [-0.3, -0.25) is 5.32 Å². The molecule has 22 heavy (non-hydrogen) atoms. The molecular formula is C14H19FN6O. The largest absolute Gasteiger partial charge is 0.375 e. The lowest BCUT2D eigenvalue weighted by atomic mass is 10.2. The first-order valence-electron chi connectivity index (χ1n) is 6.68. The van der Waals surface area contributed by atoms with Crippen LogP contribution in [0.1, 0.15) is 0 Å². The van der Waals surface area contributed by atoms with Crippen molar-refractivity contribution in [3.05, 3.63) is 17.9 Å². The summed E-state index contributed by atoms with van der Waals surface area (Å²) in [7, 11) is 8.59. The molecule has 2 N–H and O–H groups in total. The molecule has 2 aromatic rings. The number of hydrogen-bond donors (Lipinski definition) is 2. The maximum Gasteiger partial charge on any atom is 0.320 e. The van der Waals surface area contributed by atoms with Gasteiger partial charge in [0.05, 0.1) is 11.2 Å². The van der Waals surface area contributed by atoms with Crippen molar-refractivity contribution < 1.29 is 9.18 Å². The Kier molecular flexibility index (Phi) is 4.30. The minimum atomic E-state index is -0.429. The molecular weight excluding hydrogens is 287 g/mol. The van der Waals surface area contributed by atoms with E-state index in [-0.39, 0.29) is 5.82 Å². The van der Waals surface area contributed by atoms with E-state index in [1.54, 1.807) is 44.1 Å². The summed E-state index contributed by atoms with van der Waals surface area (Å²) in [5.41, 5.74) is 0.969. The van der Waals surface area contributed by atoms with Crippen LogP contribution in [0.25, 0.3) is 10.9 Å². The minimum absolute atomic E-state index is 0.261. The molecule has 1 heterocycles. The molecule has 0 fully saturated rings. The highest BCUT2D eigenvalue weighted by molar-refractivity contribution is 6.00. The molecule has 2 amide bonds. The molecule has 2 rings (SSSR count). The number of rotatable bonds is 3. The Labute approximate surface area is 128 Å². The number of fused-ring (bicyclic) bond motifs is 1. The first-order chi connectivity index (χ1) is 10.3. The number of benzene rings is 1. The van der Waals surface area contributed by atoms with Crippen LogP contribution in [0, 0.1) is 5.82 Å². The molecule has 0 aliphatic heterocycles. The third-order valence-electron chi connectivity index (χ3n) is 3.09. The zero-order valence-corrected chi connectivity index (χ0v) is 13.2. The number of urea groups is 1. The molecule has 0 atom stereocenters. The van der Waals surface area contributed by atoms with Crippen molar-refractivity contribution >= 4 is 34.4 Å². The third-order valence-corrected chi connectivity index (χ3v) is 3.09. The molecule has 8 heteroatoms. The van der Waals surface area contributed by atoms with Crippen LogP contribution < -0.4 is 20.4 Å². The number of carbonyl (C=O) groups excluding carboxylic acids is 1. The van der Waals surface area contributed by atoms with Gasteiger partial charge in [0.2, 0.25) is 5.95 Å². The lowest BCUT2D eigenvalue weighted by Crippen LogP contribution is -2.26. The SMILES string of the molecule is CNC(=O)Nc1nc(N(C)C)nc2cc(N(C)C)c(F)cc12. The van der Waals surface area contributed by atoms with Gasteiger partial charge >= 0.3 is 6.03 Å². The molecule has 0 aliphatic carbocycles. The van der Waals surface area contributed by atoms with Gasteiger partial charge in [0.25, 0.3) is 0 Å². The van der Waals surface area contributed by atoms with E-state index in [2.05, 4.69) is 20.6 Å². The number of hydrogen-bond acceptors (Lipinski definition) is 5. The summed E-state index contributed by atoms with van der Waals surface area (Å²) in [6.45, 7) is 0. The molecule has 0 aliphatic rings. The minimum Gasteiger partial charge on any atom is -0.375 e. The Bertz CT molecular complexity index is 716. The van der Waals surface area contributed by atoms with E-state index in [1.807, 2.05) is 0 Å². The second kappa shape index (κ2) is 6.00. The summed E-state index contributed by atoms with van der Waals surface area (Å²) in [6, 6.07) is 2.53. The number of nitrogens with zero attached hydrogens (tertiary/aromatic N) is 4. The topological polar surface area (TPSA) is 73.4 Å². The van der Waals surface area contributed by atoms with Crippen LogP contribution in [0.3, 0.4) is 0 Å². The van der Waals surface area contributed by atoms with Crippen molar-refractivity contribution in [2.45, 2.75) is 0 Å². The predicted molar refractivity (Wildman–Crippen MR) is 86.2 cm³/mol. The lowest BCUT2D eigenvalue weighted by molar-refractivity contribution is 0.254. The molecule has 0 saturated carbocycles. The average Bonchev–Trinajstić information content (AvgIpc) is 2.46. The lowest BCUT2D eigenvalue weighted by Gasteiger charge is -2.17. The summed E-state index contributed by atoms with van der Waals surface area (Å²) < 4.78 is 14.2. The maximum absolute atomic E-state index is 14.2. The quantitative estimate of drug-likeness (QED) is 0.902. The Hall–Kier alpha value is -2.64. The van der Waals surface area contributed by atoms with E-state index >= 15 is 0 Å². The number of aromatic nitrogens is 2. The molecule has 1 aromatic carbocycles. The average molecular weight is 306 g/mol. The van der Waals surface area contributed by atoms with E-state index in [0.717, 1.165) is 0 Å². The van der Waals surface area contributed by atoms with Crippen molar-refractivity contribution in [1.82, 2.24) is 15.3 Å². The first kappa shape index (κ1) is 15.7. The molecule has 7 nitrogen and oxygen atoms in total. The Morgan fingerprint density at radius 1 is 1.14 bits per heavy atom. The van der Waals surface area contributed by atoms with Gasteiger partial charge < -0.3 is 15.1 Å². The smallest absolute Gasteiger partial charge is 0.320 e. The summed E-state index contributed by atoms with van der Waals surface area (Å²) in [6.07, 6.45) is 0. The number of nitrogens with one attached hydrogen (secondary N) is 2. The van der Waals surface area contributed by atoms with Crippen molar-refractivity contribution in [3.63, 3.8) is 0 Å². The standard InChI is InChI=1S/C14H19FN6O/c1-16-14(22)19-12-8-6-9(15)11(20(2)3)7-10(8)17-13(18-12)21(4)5/h6-7H,1-5H3,(H2,16,17,18,19,22). The van der Waals surface area contributed by atoms with E-state index in [4.69, 9.17) is 0 Å². The molecule has 0 bridgehead atoms. The van der Waals surface area contributed by atoms with E-state index < -0.39 is 11.8 Å². The number of halogens is 1. The molecule has 0 spiro atoms. The zero-order chi connectivity index (χ0) is 16.4. The van der Waals surface area contributed by atoms with E-state index in [9.17, 15) is 9.18 Å². The first-order valence-corrected chi connectivity index (χ1v) is 6.68. The summed E-state index contributed by atoms with van der Waals surface area (Å²) in [5.74, 6) is 0.283. The van der Waals surface area contributed by atoms with Gasteiger partial charge in [0, 0.05) is 40.6 Å². The Morgan fingerprint density at radius 2 is 1.82 bits per heavy atom. The molecule has 0 unspecified atom stereocenters. The Morgan fingerprint density at radius 3 is 2.36 bits per heavy atom. The van der Waals surface area contributed by atoms with E-state index in [1.165, 1.54) is 13.1 Å². The monoisotopic (exact) mass is 306 g/mol. The van der Waals surface area contributed by atoms with Gasteiger partial charge in [0.15, 0.2) is 0 Å². The molecule has 118 valence electrons. The van der Waals surface area contributed by atoms with Crippen LogP contribution in [-0.4, -0.2) is 51.2 Å². The third kappa shape index (κ3) is 3.00. The van der Waals surface area contributed by atoms with Gasteiger partial charge in [-0.1, -0.05) is 0 Å². The summed E-state index contributed by atoms with van der Waals surface area (Å²) in [4.78, 5) is 23.6. The van der Waals surface area contributed by atoms with Crippen LogP contribution in [0.4, 0.5) is 26.6 Å². The molecule has 0 saturated heterocycles. The fourth-order valence-corrected chi connectivity index (χ4v) is 1.93. The zero-order valence-electron chi connectivity index (χ0n) is 13.2. The van der Waals surface area contributed by atoms with Gasteiger partial charge in [-0.05, 0) is 12.1 Å². The highest BCUT2D eigenvalue weighted by atomic mass is 19.1. The summed E-state index contributed by atoms with van der Waals surface area (Å²) >= 11 is 0. The van der Waals surface area contributed by atoms with Gasteiger partial charge in [0.1, 0.15) is 11.6 Å². The van der Waals surface area contributed by atoms with Crippen LogP contribution in [-0.2, 0) is 0 Å². The second-order valence-electron chi connectivity index (χ2n) is 5.19. The maximum atomic E-state index is 14.2. The fraction of sp³-hybridized carbons (Fsp3) is 0.357. The van der Waals surface area contributed by atoms with E-state index in [0.29, 0.717) is 22.5 Å². The highest BCUT2D eigenvalue weighted by Crippen LogP contribution is 2.29. The van der Waals surface area contributed by atoms with Crippen molar-refractivity contribution in [3.8, 4) is 0 Å². The fourth-order valence-electron chi connectivity index (χ4n) is 1.93. The highest BCUT2D eigenvalue weighted by Gasteiger charge is 2.15. The van der Waals surface area contributed by atoms with Crippen LogP contribution in [0.15, 0.2) is 12.1 Å². The van der Waals surface area contributed by atoms with Crippen molar-refractivity contribution in [1.29, 1.82) is 0 Å². The van der Waals surface area contributed by atoms with Crippen LogP contribution >= 0.6 is 0 Å². The van der Waals surface area contributed by atoms with Gasteiger partial charge in [-0.25, -0.2) is 14.2 Å². The number of carbonyl (C=O) groups is 1. The molecule has 1 aromatic heterocycles. The van der Waals surface area contributed by atoms with Crippen LogP contribution in [0.2, 0.25) is 0 Å².